The predicted molar refractivity (Wildman–Crippen MR) is 69.4 cm³/mol. The highest BCUT2D eigenvalue weighted by Crippen LogP contribution is 2.36. The number of aromatic hydroxyl groups is 1. The minimum absolute atomic E-state index is 0.404. The predicted octanol–water partition coefficient (Wildman–Crippen LogP) is 2.57. The first kappa shape index (κ1) is 10.7. The molecule has 3 rings (SSSR count). The van der Waals surface area contributed by atoms with Crippen LogP contribution in [0.25, 0.3) is 10.9 Å². The molecular formula is C14H18N2O. The maximum absolute atomic E-state index is 10.1. The number of nitrogens with zero attached hydrogens (tertiary/aromatic N) is 1. The third kappa shape index (κ3) is 1.46. The summed E-state index contributed by atoms with van der Waals surface area (Å²) in [6.07, 6.45) is 1.04. The van der Waals surface area contributed by atoms with Crippen molar-refractivity contribution >= 4 is 10.9 Å². The number of hydrogen-bond donors (Lipinski definition) is 2. The third-order valence-corrected chi connectivity index (χ3v) is 3.58. The molecule has 2 aromatic rings. The van der Waals surface area contributed by atoms with Crippen LogP contribution >= 0.6 is 0 Å². The van der Waals surface area contributed by atoms with Gasteiger partial charge in [-0.1, -0.05) is 6.07 Å². The number of aromatic nitrogens is 1. The maximum atomic E-state index is 10.1. The zero-order chi connectivity index (χ0) is 12.0. The van der Waals surface area contributed by atoms with Crippen LogP contribution in [0.1, 0.15) is 31.1 Å². The molecule has 1 aromatic carbocycles. The van der Waals surface area contributed by atoms with Crippen LogP contribution in [0, 0.1) is 0 Å². The molecule has 0 unspecified atom stereocenters. The summed E-state index contributed by atoms with van der Waals surface area (Å²) in [6, 6.07) is 6.24. The van der Waals surface area contributed by atoms with Gasteiger partial charge in [0, 0.05) is 36.6 Å². The lowest BCUT2D eigenvalue weighted by molar-refractivity contribution is 0.481. The van der Waals surface area contributed by atoms with Crippen LogP contribution in [0.15, 0.2) is 18.2 Å². The zero-order valence-electron chi connectivity index (χ0n) is 10.3. The van der Waals surface area contributed by atoms with Crippen molar-refractivity contribution in [3.8, 4) is 5.75 Å². The van der Waals surface area contributed by atoms with E-state index in [-0.39, 0.29) is 0 Å². The molecule has 2 heterocycles. The molecule has 0 atom stereocenters. The monoisotopic (exact) mass is 230 g/mol. The molecule has 0 saturated carbocycles. The van der Waals surface area contributed by atoms with Gasteiger partial charge in [0.15, 0.2) is 0 Å². The summed E-state index contributed by atoms with van der Waals surface area (Å²) in [4.78, 5) is 0. The Morgan fingerprint density at radius 1 is 1.35 bits per heavy atom. The average Bonchev–Trinajstić information content (AvgIpc) is 2.64. The lowest BCUT2D eigenvalue weighted by atomic mass is 10.1. The number of phenols is 1. The summed E-state index contributed by atoms with van der Waals surface area (Å²) in [5.41, 5.74) is 3.82. The summed E-state index contributed by atoms with van der Waals surface area (Å²) in [7, 11) is 0. The molecule has 0 fully saturated rings. The Hall–Kier alpha value is -1.48. The second-order valence-corrected chi connectivity index (χ2v) is 4.99. The summed E-state index contributed by atoms with van der Waals surface area (Å²) >= 11 is 0. The van der Waals surface area contributed by atoms with Crippen molar-refractivity contribution in [2.24, 2.45) is 0 Å². The molecule has 1 aliphatic heterocycles. The smallest absolute Gasteiger partial charge is 0.125 e. The molecule has 17 heavy (non-hydrogen) atoms. The van der Waals surface area contributed by atoms with Crippen LogP contribution in [0.2, 0.25) is 0 Å². The van der Waals surface area contributed by atoms with Gasteiger partial charge in [0.25, 0.3) is 0 Å². The number of nitrogens with one attached hydrogen (secondary N) is 1. The molecule has 0 saturated heterocycles. The molecule has 1 aliphatic rings. The first-order chi connectivity index (χ1) is 8.20. The van der Waals surface area contributed by atoms with Gasteiger partial charge in [-0.2, -0.15) is 0 Å². The van der Waals surface area contributed by atoms with Crippen molar-refractivity contribution in [3.63, 3.8) is 0 Å². The third-order valence-electron chi connectivity index (χ3n) is 3.58. The van der Waals surface area contributed by atoms with Gasteiger partial charge in [-0.25, -0.2) is 0 Å². The minimum atomic E-state index is 0.404. The Labute approximate surface area is 101 Å². The Morgan fingerprint density at radius 3 is 2.94 bits per heavy atom. The second kappa shape index (κ2) is 3.77. The van der Waals surface area contributed by atoms with E-state index in [4.69, 9.17) is 0 Å². The van der Waals surface area contributed by atoms with E-state index in [1.54, 1.807) is 6.07 Å². The van der Waals surface area contributed by atoms with Gasteiger partial charge in [0.05, 0.1) is 5.52 Å². The van der Waals surface area contributed by atoms with E-state index in [9.17, 15) is 5.11 Å². The number of fused-ring (bicyclic) bond motifs is 3. The lowest BCUT2D eigenvalue weighted by Gasteiger charge is -2.19. The molecule has 1 aromatic heterocycles. The van der Waals surface area contributed by atoms with Crippen LogP contribution in [0.3, 0.4) is 0 Å². The van der Waals surface area contributed by atoms with Crippen LogP contribution in [-0.2, 0) is 13.0 Å². The van der Waals surface area contributed by atoms with Gasteiger partial charge < -0.3 is 15.0 Å². The van der Waals surface area contributed by atoms with E-state index >= 15 is 0 Å². The lowest BCUT2D eigenvalue weighted by Crippen LogP contribution is -2.25. The van der Waals surface area contributed by atoms with E-state index in [1.807, 2.05) is 6.07 Å². The minimum Gasteiger partial charge on any atom is -0.507 e. The van der Waals surface area contributed by atoms with E-state index < -0.39 is 0 Å². The quantitative estimate of drug-likeness (QED) is 0.790. The molecule has 2 N–H and O–H groups in total. The molecule has 0 spiro atoms. The van der Waals surface area contributed by atoms with E-state index in [0.29, 0.717) is 11.8 Å². The van der Waals surface area contributed by atoms with Gasteiger partial charge >= 0.3 is 0 Å². The fourth-order valence-electron chi connectivity index (χ4n) is 2.95. The molecule has 0 radical (unpaired) electrons. The fourth-order valence-corrected chi connectivity index (χ4v) is 2.95. The van der Waals surface area contributed by atoms with E-state index in [0.717, 1.165) is 30.4 Å². The van der Waals surface area contributed by atoms with Crippen molar-refractivity contribution in [3.05, 3.63) is 29.5 Å². The van der Waals surface area contributed by atoms with E-state index in [1.165, 1.54) is 11.3 Å². The van der Waals surface area contributed by atoms with Crippen molar-refractivity contribution < 1.29 is 5.11 Å². The highest BCUT2D eigenvalue weighted by Gasteiger charge is 2.22. The Bertz CT molecular complexity index is 569. The van der Waals surface area contributed by atoms with E-state index in [2.05, 4.69) is 29.8 Å². The summed E-state index contributed by atoms with van der Waals surface area (Å²) in [5.74, 6) is 0.404. The van der Waals surface area contributed by atoms with Gasteiger partial charge in [0.2, 0.25) is 0 Å². The number of benzene rings is 1. The van der Waals surface area contributed by atoms with Gasteiger partial charge in [0.1, 0.15) is 5.75 Å². The van der Waals surface area contributed by atoms with Crippen LogP contribution in [-0.4, -0.2) is 16.2 Å². The molecule has 3 heteroatoms. The van der Waals surface area contributed by atoms with Gasteiger partial charge in [-0.3, -0.25) is 0 Å². The number of hydrogen-bond acceptors (Lipinski definition) is 2. The van der Waals surface area contributed by atoms with Crippen LogP contribution in [0.4, 0.5) is 0 Å². The average molecular weight is 230 g/mol. The Kier molecular flexibility index (Phi) is 2.37. The maximum Gasteiger partial charge on any atom is 0.125 e. The number of phenolic OH excluding ortho intramolecular Hbond substituents is 1. The highest BCUT2D eigenvalue weighted by atomic mass is 16.3. The first-order valence-electron chi connectivity index (χ1n) is 6.24. The standard InChI is InChI=1S/C14H18N2O/c1-9(2)16-11-6-7-15-8-10(11)14-12(16)4-3-5-13(14)17/h3-5,9,15,17H,6-8H2,1-2H3. The summed E-state index contributed by atoms with van der Waals surface area (Å²) < 4.78 is 2.37. The largest absolute Gasteiger partial charge is 0.507 e. The Morgan fingerprint density at radius 2 is 2.18 bits per heavy atom. The fraction of sp³-hybridized carbons (Fsp3) is 0.429. The molecular weight excluding hydrogens is 212 g/mol. The van der Waals surface area contributed by atoms with Crippen molar-refractivity contribution in [2.75, 3.05) is 6.54 Å². The number of rotatable bonds is 1. The molecule has 90 valence electrons. The summed E-state index contributed by atoms with van der Waals surface area (Å²) in [5, 5.41) is 14.5. The Balaban J connectivity index is 2.42. The molecule has 3 nitrogen and oxygen atoms in total. The normalized spacial score (nSPS) is 15.5. The second-order valence-electron chi connectivity index (χ2n) is 4.99. The van der Waals surface area contributed by atoms with Crippen LogP contribution < -0.4 is 5.32 Å². The highest BCUT2D eigenvalue weighted by molar-refractivity contribution is 5.91. The first-order valence-corrected chi connectivity index (χ1v) is 6.24. The topological polar surface area (TPSA) is 37.2 Å². The van der Waals surface area contributed by atoms with Crippen LogP contribution in [0.5, 0.6) is 5.75 Å². The zero-order valence-corrected chi connectivity index (χ0v) is 10.3. The SMILES string of the molecule is CC(C)n1c2c(c3c(O)cccc31)CNCC2. The molecule has 0 bridgehead atoms. The van der Waals surface area contributed by atoms with Crippen molar-refractivity contribution in [1.29, 1.82) is 0 Å². The summed E-state index contributed by atoms with van der Waals surface area (Å²) in [6.45, 7) is 6.29. The molecule has 0 aliphatic carbocycles. The van der Waals surface area contributed by atoms with Crippen molar-refractivity contribution in [2.45, 2.75) is 32.9 Å². The molecule has 0 amide bonds. The van der Waals surface area contributed by atoms with Gasteiger partial charge in [-0.05, 0) is 31.5 Å². The van der Waals surface area contributed by atoms with Gasteiger partial charge in [-0.15, -0.1) is 0 Å². The van der Waals surface area contributed by atoms with Crippen molar-refractivity contribution in [1.82, 2.24) is 9.88 Å².